The van der Waals surface area contributed by atoms with Crippen molar-refractivity contribution in [2.45, 2.75) is 823 Å². The van der Waals surface area contributed by atoms with Crippen molar-refractivity contribution in [3.63, 3.8) is 0 Å². The molecule has 0 aliphatic heterocycles. The summed E-state index contributed by atoms with van der Waals surface area (Å²) in [5.41, 5.74) is 8.66. The maximum atomic E-state index is 2.72. The van der Waals surface area contributed by atoms with Crippen molar-refractivity contribution in [2.24, 2.45) is 114 Å². The molecule has 0 nitrogen and oxygen atoms in total. The van der Waals surface area contributed by atoms with Crippen molar-refractivity contribution in [3.05, 3.63) is 0 Å². The van der Waals surface area contributed by atoms with Crippen LogP contribution in [0.5, 0.6) is 0 Å². The second-order valence-corrected chi connectivity index (χ2v) is 58.5. The molecule has 0 aromatic carbocycles. The van der Waals surface area contributed by atoms with E-state index in [-0.39, 0.29) is 0 Å². The number of hydrogen-bond acceptors (Lipinski definition) is 0. The molecule has 0 radical (unpaired) electrons. The van der Waals surface area contributed by atoms with Crippen LogP contribution in [0.2, 0.25) is 0 Å². The highest BCUT2D eigenvalue weighted by molar-refractivity contribution is 5.11. The Morgan fingerprint density at radius 2 is 0.228 bits per heavy atom. The van der Waals surface area contributed by atoms with Crippen molar-refractivity contribution >= 4 is 0 Å². The molecule has 0 aliphatic carbocycles. The summed E-state index contributed by atoms with van der Waals surface area (Å²) in [6, 6.07) is 0. The molecule has 0 saturated carbocycles. The Bertz CT molecular complexity index is 2860. The van der Waals surface area contributed by atoms with Gasteiger partial charge >= 0.3 is 0 Å². The van der Waals surface area contributed by atoms with Crippen molar-refractivity contribution in [1.82, 2.24) is 0 Å². The van der Waals surface area contributed by atoms with Crippen molar-refractivity contribution < 1.29 is 0 Å². The van der Waals surface area contributed by atoms with Crippen LogP contribution in [-0.2, 0) is 0 Å². The summed E-state index contributed by atoms with van der Waals surface area (Å²) in [6.45, 7) is 132. The lowest BCUT2D eigenvalue weighted by Crippen LogP contribution is -2.56. The molecule has 0 amide bonds. The average Bonchev–Trinajstić information content (AvgIpc) is 0.720. The van der Waals surface area contributed by atoms with Gasteiger partial charge in [0.15, 0.2) is 0 Å². The van der Waals surface area contributed by atoms with Crippen LogP contribution in [0, 0.1) is 114 Å². The fourth-order valence-electron chi connectivity index (χ4n) is 30.4. The van der Waals surface area contributed by atoms with E-state index in [1.165, 1.54) is 456 Å². The van der Waals surface area contributed by atoms with Gasteiger partial charge in [-0.1, -0.05) is 694 Å². The largest absolute Gasteiger partial charge is 0.0654 e. The maximum absolute atomic E-state index is 2.72. The number of unbranched alkanes of at least 4 members (excludes halogenated alkanes) is 24. The third kappa shape index (κ3) is 46.1. The Hall–Kier alpha value is 0. The average molecular weight is 2050 g/mol. The zero-order valence-corrected chi connectivity index (χ0v) is 114. The highest BCUT2D eigenvalue weighted by atomic mass is 14.7. The Labute approximate surface area is 930 Å². The number of hydrogen-bond donors (Lipinski definition) is 0. The highest BCUT2D eigenvalue weighted by Crippen LogP contribution is 2.71. The second kappa shape index (κ2) is 78.2. The predicted molar refractivity (Wildman–Crippen MR) is 681 cm³/mol. The van der Waals surface area contributed by atoms with Gasteiger partial charge in [-0.15, -0.1) is 0 Å². The molecule has 0 bridgehead atoms. The molecule has 145 heavy (non-hydrogen) atoms. The van der Waals surface area contributed by atoms with E-state index < -0.39 is 0 Å². The minimum absolute atomic E-state index is 0.386. The molecule has 0 rings (SSSR count). The van der Waals surface area contributed by atoms with Crippen molar-refractivity contribution in [2.75, 3.05) is 0 Å². The molecule has 0 heterocycles. The summed E-state index contributed by atoms with van der Waals surface area (Å²) in [6.07, 6.45) is 97.2. The molecule has 0 fully saturated rings. The fraction of sp³-hybridized carbons (Fsp3) is 1.00. The monoisotopic (exact) mass is 2040 g/mol. The van der Waals surface area contributed by atoms with Gasteiger partial charge in [0.2, 0.25) is 0 Å². The summed E-state index contributed by atoms with van der Waals surface area (Å²) < 4.78 is 0. The molecule has 14 unspecified atom stereocenters. The lowest BCUT2D eigenvalue weighted by atomic mass is 9.41. The minimum atomic E-state index is 0.386. The van der Waals surface area contributed by atoms with Gasteiger partial charge in [-0.3, -0.25) is 0 Å². The molecule has 0 N–H and O–H groups in total. The smallest absolute Gasteiger partial charge is 0.0213 e. The third-order valence-corrected chi connectivity index (χ3v) is 47.4. The SMILES string of the molecule is CCCCC(C)(C)C(C)(CCCC(C)C)C(C)(CC)CCCC.CCCCC(C)(C)C(C)(CCCC)C(C)(CCCC)C(C)(CC)CCCC.CCCCCC(C)(C(C)(C)CCCC)C(C)(CC)CCCC.CCCCCC(C)(C(C)(C)CCCC)C(C)(CC)CCCC.CCCCCC(C)(C)C(C)(CCCC)C(C)(CCCC)C(C)(CC)CCCC.CCCCCCC(C)(C(C)(C)CCCC)C(C)(CC)CCCC. The van der Waals surface area contributed by atoms with Gasteiger partial charge in [0, 0.05) is 0 Å². The van der Waals surface area contributed by atoms with Crippen LogP contribution in [-0.4, -0.2) is 0 Å². The summed E-state index contributed by atoms with van der Waals surface area (Å²) in [5.74, 6) is 0.835. The van der Waals surface area contributed by atoms with Gasteiger partial charge < -0.3 is 0 Å². The molecule has 0 aliphatic rings. The van der Waals surface area contributed by atoms with Gasteiger partial charge in [-0.2, -0.15) is 0 Å². The van der Waals surface area contributed by atoms with Gasteiger partial charge in [0.05, 0.1) is 0 Å². The fourth-order valence-corrected chi connectivity index (χ4v) is 30.4. The zero-order valence-electron chi connectivity index (χ0n) is 114. The third-order valence-electron chi connectivity index (χ3n) is 47.4. The molecule has 14 atom stereocenters. The quantitative estimate of drug-likeness (QED) is 0.0533. The Balaban J connectivity index is -0.000000401. The van der Waals surface area contributed by atoms with Crippen LogP contribution < -0.4 is 0 Å². The van der Waals surface area contributed by atoms with Gasteiger partial charge in [0.25, 0.3) is 0 Å². The van der Waals surface area contributed by atoms with E-state index in [0.717, 1.165) is 5.92 Å². The van der Waals surface area contributed by atoms with E-state index >= 15 is 0 Å². The summed E-state index contributed by atoms with van der Waals surface area (Å²) in [5, 5.41) is 0. The first kappa shape index (κ1) is 156. The maximum Gasteiger partial charge on any atom is -0.0213 e. The molecule has 0 spiro atoms. The van der Waals surface area contributed by atoms with E-state index in [2.05, 4.69) is 367 Å². The summed E-state index contributed by atoms with van der Waals surface area (Å²) in [4.78, 5) is 0. The summed E-state index contributed by atoms with van der Waals surface area (Å²) in [7, 11) is 0. The van der Waals surface area contributed by atoms with E-state index in [9.17, 15) is 0 Å². The standard InChI is InChI=1S/C28H58.C27H56.2C23H48.2C22H46/c1-11-16-20-21-25(6,7)27(9,23-18-13-3)28(10,24-19-14-4)26(8,15-5)22-17-12-2;1-11-16-20-24(6,7)26(9,22-18-13-3)27(10,23-19-14-4)25(8,15-5)21-17-12-2;1-10-13-17-21(6,7)23(9,19-15-16-20(4)5)22(8,12-3)18-14-11-2;1-9-13-16-17-20-23(8,21(5,6)18-14-10-2)22(7,12-4)19-15-11-3;2*1-9-13-16-19-22(8,20(5,6)17-14-10-2)21(7,12-4)18-15-11-3/h11-24H2,1-10H3;11-23H2,1-10H3;20H,10-19H2,1-9H3;9-20H2,1-8H3;2*9-19H2,1-8H3. The lowest BCUT2D eigenvalue weighted by Gasteiger charge is -2.63. The van der Waals surface area contributed by atoms with Crippen LogP contribution in [0.25, 0.3) is 0 Å². The van der Waals surface area contributed by atoms with Crippen LogP contribution >= 0.6 is 0 Å². The van der Waals surface area contributed by atoms with Gasteiger partial charge in [0.1, 0.15) is 0 Å². The first-order chi connectivity index (χ1) is 67.4. The molecule has 0 aromatic rings. The topological polar surface area (TPSA) is 0 Å². The van der Waals surface area contributed by atoms with Crippen LogP contribution in [0.4, 0.5) is 0 Å². The lowest BCUT2D eigenvalue weighted by molar-refractivity contribution is -0.145. The first-order valence-electron chi connectivity index (χ1n) is 67.4. The van der Waals surface area contributed by atoms with E-state index in [4.69, 9.17) is 0 Å². The van der Waals surface area contributed by atoms with Crippen molar-refractivity contribution in [1.29, 1.82) is 0 Å². The second-order valence-electron chi connectivity index (χ2n) is 58.5. The molecular weight excluding hydrogens is 1740 g/mol. The van der Waals surface area contributed by atoms with E-state index in [0.29, 0.717) is 108 Å². The molecular formula is C145H302. The predicted octanol–water partition coefficient (Wildman–Crippen LogP) is 55.0. The van der Waals surface area contributed by atoms with E-state index in [1.807, 2.05) is 0 Å². The minimum Gasteiger partial charge on any atom is -0.0654 e. The summed E-state index contributed by atoms with van der Waals surface area (Å²) >= 11 is 0. The molecule has 0 saturated heterocycles. The normalized spacial score (nSPS) is 18.4. The number of rotatable bonds is 86. The zero-order chi connectivity index (χ0) is 114. The van der Waals surface area contributed by atoms with E-state index in [1.54, 1.807) is 0 Å². The molecule has 0 heteroatoms. The first-order valence-corrected chi connectivity index (χ1v) is 67.4. The molecule has 882 valence electrons. The highest BCUT2D eigenvalue weighted by Gasteiger charge is 2.62. The van der Waals surface area contributed by atoms with Crippen LogP contribution in [0.1, 0.15) is 823 Å². The molecule has 0 aromatic heterocycles. The van der Waals surface area contributed by atoms with Gasteiger partial charge in [-0.05, 0) is 243 Å². The van der Waals surface area contributed by atoms with Crippen molar-refractivity contribution in [3.8, 4) is 0 Å². The van der Waals surface area contributed by atoms with Gasteiger partial charge in [-0.25, -0.2) is 0 Å². The van der Waals surface area contributed by atoms with Crippen LogP contribution in [0.15, 0.2) is 0 Å². The van der Waals surface area contributed by atoms with Crippen LogP contribution in [0.3, 0.4) is 0 Å². The Morgan fingerprint density at radius 3 is 0.400 bits per heavy atom. The Kier molecular flexibility index (Phi) is 84.0. The Morgan fingerprint density at radius 1 is 0.110 bits per heavy atom.